The Morgan fingerprint density at radius 2 is 2.40 bits per heavy atom. The number of rotatable bonds is 6. The second-order valence-electron chi connectivity index (χ2n) is 3.23. The van der Waals surface area contributed by atoms with Crippen LogP contribution in [0.1, 0.15) is 15.8 Å². The summed E-state index contributed by atoms with van der Waals surface area (Å²) in [5, 5.41) is 12.5. The highest BCUT2D eigenvalue weighted by Crippen LogP contribution is 2.30. The molecule has 0 radical (unpaired) electrons. The maximum Gasteiger partial charge on any atom is 0.0651 e. The maximum atomic E-state index is 9.27. The molecule has 5 heteroatoms. The molecular formula is C10H16BrNO2S. The Labute approximate surface area is 103 Å². The Morgan fingerprint density at radius 3 is 2.87 bits per heavy atom. The predicted molar refractivity (Wildman–Crippen MR) is 66.5 cm³/mol. The molecule has 0 saturated heterocycles. The molecule has 86 valence electrons. The van der Waals surface area contributed by atoms with Gasteiger partial charge in [-0.3, -0.25) is 0 Å². The number of halogens is 1. The van der Waals surface area contributed by atoms with Crippen molar-refractivity contribution in [2.45, 2.75) is 13.0 Å². The van der Waals surface area contributed by atoms with E-state index in [4.69, 9.17) is 4.74 Å². The second-order valence-corrected chi connectivity index (χ2v) is 5.38. The minimum atomic E-state index is 0.00940. The lowest BCUT2D eigenvalue weighted by atomic mass is 10.2. The molecule has 0 aliphatic carbocycles. The molecule has 0 amide bonds. The van der Waals surface area contributed by atoms with Gasteiger partial charge in [-0.1, -0.05) is 0 Å². The van der Waals surface area contributed by atoms with E-state index in [0.717, 1.165) is 15.9 Å². The monoisotopic (exact) mass is 293 g/mol. The third-order valence-corrected chi connectivity index (χ3v) is 4.35. The van der Waals surface area contributed by atoms with E-state index in [-0.39, 0.29) is 12.6 Å². The molecule has 0 fully saturated rings. The Hall–Kier alpha value is 0.0600. The summed E-state index contributed by atoms with van der Waals surface area (Å²) in [6.45, 7) is 3.57. The van der Waals surface area contributed by atoms with Crippen molar-refractivity contribution in [1.29, 1.82) is 0 Å². The summed E-state index contributed by atoms with van der Waals surface area (Å²) in [6, 6.07) is 2.07. The Bertz CT molecular complexity index is 284. The largest absolute Gasteiger partial charge is 0.394 e. The van der Waals surface area contributed by atoms with Gasteiger partial charge in [-0.2, -0.15) is 0 Å². The van der Waals surface area contributed by atoms with Crippen LogP contribution in [0.15, 0.2) is 10.5 Å². The molecule has 1 aromatic rings. The average Bonchev–Trinajstić information content (AvgIpc) is 2.54. The van der Waals surface area contributed by atoms with Crippen LogP contribution in [0, 0.1) is 6.92 Å². The molecule has 0 spiro atoms. The van der Waals surface area contributed by atoms with Gasteiger partial charge < -0.3 is 15.2 Å². The van der Waals surface area contributed by atoms with Gasteiger partial charge in [0, 0.05) is 27.9 Å². The molecule has 0 aromatic carbocycles. The highest BCUT2D eigenvalue weighted by Gasteiger charge is 2.13. The fourth-order valence-corrected chi connectivity index (χ4v) is 2.87. The number of hydrogen-bond acceptors (Lipinski definition) is 4. The fourth-order valence-electron chi connectivity index (χ4n) is 1.24. The van der Waals surface area contributed by atoms with Crippen molar-refractivity contribution in [3.8, 4) is 0 Å². The first-order valence-corrected chi connectivity index (χ1v) is 6.39. The van der Waals surface area contributed by atoms with Crippen molar-refractivity contribution in [2.24, 2.45) is 0 Å². The van der Waals surface area contributed by atoms with E-state index in [1.165, 1.54) is 4.88 Å². The first-order chi connectivity index (χ1) is 7.19. The molecule has 1 rings (SSSR count). The summed E-state index contributed by atoms with van der Waals surface area (Å²) >= 11 is 5.17. The molecule has 0 aliphatic heterocycles. The molecule has 1 atom stereocenters. The van der Waals surface area contributed by atoms with Gasteiger partial charge in [-0.25, -0.2) is 0 Å². The third-order valence-electron chi connectivity index (χ3n) is 2.10. The lowest BCUT2D eigenvalue weighted by Crippen LogP contribution is -2.26. The lowest BCUT2D eigenvalue weighted by molar-refractivity contribution is 0.184. The van der Waals surface area contributed by atoms with Crippen LogP contribution >= 0.6 is 27.3 Å². The van der Waals surface area contributed by atoms with Crippen molar-refractivity contribution < 1.29 is 9.84 Å². The van der Waals surface area contributed by atoms with Gasteiger partial charge in [0.25, 0.3) is 0 Å². The van der Waals surface area contributed by atoms with Crippen LogP contribution in [0.5, 0.6) is 0 Å². The van der Waals surface area contributed by atoms with Gasteiger partial charge >= 0.3 is 0 Å². The number of aryl methyl sites for hydroxylation is 1. The number of hydrogen-bond donors (Lipinski definition) is 2. The van der Waals surface area contributed by atoms with E-state index in [9.17, 15) is 5.11 Å². The Kier molecular flexibility index (Phi) is 5.78. The molecule has 0 aliphatic rings. The molecule has 3 nitrogen and oxygen atoms in total. The number of aliphatic hydroxyl groups excluding tert-OH is 1. The van der Waals surface area contributed by atoms with Crippen LogP contribution in [0.3, 0.4) is 0 Å². The van der Waals surface area contributed by atoms with Crippen LogP contribution < -0.4 is 5.32 Å². The van der Waals surface area contributed by atoms with Crippen molar-refractivity contribution in [1.82, 2.24) is 5.32 Å². The van der Waals surface area contributed by atoms with Gasteiger partial charge in [0.05, 0.1) is 19.3 Å². The summed E-state index contributed by atoms with van der Waals surface area (Å²) in [6.07, 6.45) is 0. The number of thiophene rings is 1. The standard InChI is InChI=1S/C10H16BrNO2S/c1-7-8(11)5-10(15-7)9(6-13)12-3-4-14-2/h5,9,12-13H,3-4,6H2,1-2H3. The summed E-state index contributed by atoms with van der Waals surface area (Å²) in [5.74, 6) is 0. The van der Waals surface area contributed by atoms with Gasteiger partial charge in [-0.15, -0.1) is 11.3 Å². The van der Waals surface area contributed by atoms with E-state index in [1.807, 2.05) is 0 Å². The summed E-state index contributed by atoms with van der Waals surface area (Å²) in [7, 11) is 1.67. The Balaban J connectivity index is 2.57. The highest BCUT2D eigenvalue weighted by molar-refractivity contribution is 9.10. The van der Waals surface area contributed by atoms with Gasteiger partial charge in [0.15, 0.2) is 0 Å². The zero-order valence-electron chi connectivity index (χ0n) is 8.92. The van der Waals surface area contributed by atoms with Gasteiger partial charge in [0.2, 0.25) is 0 Å². The SMILES string of the molecule is COCCNC(CO)c1cc(Br)c(C)s1. The van der Waals surface area contributed by atoms with Crippen LogP contribution in [0.4, 0.5) is 0 Å². The second kappa shape index (κ2) is 6.60. The van der Waals surface area contributed by atoms with Gasteiger partial charge in [-0.05, 0) is 28.9 Å². The van der Waals surface area contributed by atoms with E-state index >= 15 is 0 Å². The zero-order valence-corrected chi connectivity index (χ0v) is 11.3. The normalized spacial score (nSPS) is 13.1. The first-order valence-electron chi connectivity index (χ1n) is 4.78. The number of aliphatic hydroxyl groups is 1. The van der Waals surface area contributed by atoms with E-state index < -0.39 is 0 Å². The van der Waals surface area contributed by atoms with Gasteiger partial charge in [0.1, 0.15) is 0 Å². The molecule has 15 heavy (non-hydrogen) atoms. The third kappa shape index (κ3) is 3.85. The smallest absolute Gasteiger partial charge is 0.0651 e. The molecular weight excluding hydrogens is 278 g/mol. The van der Waals surface area contributed by atoms with Crippen molar-refractivity contribution in [3.05, 3.63) is 20.3 Å². The van der Waals surface area contributed by atoms with Crippen LogP contribution in [-0.2, 0) is 4.74 Å². The molecule has 0 bridgehead atoms. The fraction of sp³-hybridized carbons (Fsp3) is 0.600. The Morgan fingerprint density at radius 1 is 1.67 bits per heavy atom. The molecule has 1 unspecified atom stereocenters. The maximum absolute atomic E-state index is 9.27. The van der Waals surface area contributed by atoms with Crippen LogP contribution in [0.2, 0.25) is 0 Å². The zero-order chi connectivity index (χ0) is 11.3. The average molecular weight is 294 g/mol. The van der Waals surface area contributed by atoms with Crippen molar-refractivity contribution in [2.75, 3.05) is 26.9 Å². The minimum Gasteiger partial charge on any atom is -0.394 e. The first kappa shape index (κ1) is 13.1. The quantitative estimate of drug-likeness (QED) is 0.789. The number of nitrogens with one attached hydrogen (secondary N) is 1. The molecule has 1 aromatic heterocycles. The molecule has 0 saturated carbocycles. The topological polar surface area (TPSA) is 41.5 Å². The van der Waals surface area contributed by atoms with E-state index in [2.05, 4.69) is 34.2 Å². The van der Waals surface area contributed by atoms with Crippen molar-refractivity contribution in [3.63, 3.8) is 0 Å². The van der Waals surface area contributed by atoms with Crippen LogP contribution in [-0.4, -0.2) is 32.0 Å². The molecule has 2 N–H and O–H groups in total. The summed E-state index contributed by atoms with van der Waals surface area (Å²) in [5.41, 5.74) is 0. The lowest BCUT2D eigenvalue weighted by Gasteiger charge is -2.13. The van der Waals surface area contributed by atoms with E-state index in [1.54, 1.807) is 18.4 Å². The van der Waals surface area contributed by atoms with E-state index in [0.29, 0.717) is 6.61 Å². The number of ether oxygens (including phenoxy) is 1. The predicted octanol–water partition coefficient (Wildman–Crippen LogP) is 2.09. The molecule has 1 heterocycles. The minimum absolute atomic E-state index is 0.00940. The number of methoxy groups -OCH3 is 1. The summed E-state index contributed by atoms with van der Waals surface area (Å²) < 4.78 is 6.06. The summed E-state index contributed by atoms with van der Waals surface area (Å²) in [4.78, 5) is 2.38. The van der Waals surface area contributed by atoms with Crippen LogP contribution in [0.25, 0.3) is 0 Å². The highest BCUT2D eigenvalue weighted by atomic mass is 79.9. The van der Waals surface area contributed by atoms with Crippen molar-refractivity contribution >= 4 is 27.3 Å².